The molecule has 224 valence electrons. The van der Waals surface area contributed by atoms with Gasteiger partial charge in [0.1, 0.15) is 12.4 Å². The summed E-state index contributed by atoms with van der Waals surface area (Å²) in [6.07, 6.45) is 1.37. The van der Waals surface area contributed by atoms with Gasteiger partial charge in [-0.05, 0) is 73.6 Å². The van der Waals surface area contributed by atoms with Gasteiger partial charge in [0.2, 0.25) is 0 Å². The maximum Gasteiger partial charge on any atom is 0.337 e. The van der Waals surface area contributed by atoms with Gasteiger partial charge in [0.15, 0.2) is 17.3 Å². The standard InChI is InChI=1S/C36H39NO6/c1-6-22(2)43-36(39)33-23(3)37-29-18-27(25-15-16-31(40-4)32(20-25)41-5)19-30(38)35(29)34(33)26-13-10-14-28(17-26)42-21-24-11-8-7-9-12-24/h7-17,20,22,27,34,37H,6,18-19,21H2,1-5H3/t22-,27+,34+/m0/s1. The number of dihydropyridines is 1. The van der Waals surface area contributed by atoms with Crippen molar-refractivity contribution in [2.75, 3.05) is 14.2 Å². The third-order valence-electron chi connectivity index (χ3n) is 8.25. The fourth-order valence-corrected chi connectivity index (χ4v) is 5.84. The molecule has 1 N–H and O–H groups in total. The number of ketones is 1. The smallest absolute Gasteiger partial charge is 0.337 e. The number of methoxy groups -OCH3 is 2. The molecule has 7 heteroatoms. The zero-order chi connectivity index (χ0) is 30.5. The van der Waals surface area contributed by atoms with E-state index in [0.717, 1.165) is 22.4 Å². The van der Waals surface area contributed by atoms with Crippen molar-refractivity contribution in [3.05, 3.63) is 112 Å². The summed E-state index contributed by atoms with van der Waals surface area (Å²) < 4.78 is 22.9. The molecular formula is C36H39NO6. The van der Waals surface area contributed by atoms with Crippen molar-refractivity contribution in [1.29, 1.82) is 0 Å². The van der Waals surface area contributed by atoms with Crippen LogP contribution in [0.2, 0.25) is 0 Å². The van der Waals surface area contributed by atoms with E-state index in [0.29, 0.717) is 60.0 Å². The fraction of sp³-hybridized carbons (Fsp3) is 0.333. The summed E-state index contributed by atoms with van der Waals surface area (Å²) in [6, 6.07) is 23.4. The summed E-state index contributed by atoms with van der Waals surface area (Å²) in [6.45, 7) is 6.14. The molecule has 2 aliphatic rings. The lowest BCUT2D eigenvalue weighted by molar-refractivity contribution is -0.144. The molecule has 1 heterocycles. The second-order valence-corrected chi connectivity index (χ2v) is 11.1. The Morgan fingerprint density at radius 1 is 0.930 bits per heavy atom. The average molecular weight is 582 g/mol. The molecule has 0 saturated carbocycles. The van der Waals surface area contributed by atoms with Crippen LogP contribution in [-0.4, -0.2) is 32.1 Å². The number of esters is 1. The molecule has 0 saturated heterocycles. The molecule has 5 rings (SSSR count). The van der Waals surface area contributed by atoms with Gasteiger partial charge in [-0.25, -0.2) is 4.79 Å². The Kier molecular flexibility index (Phi) is 9.19. The molecule has 7 nitrogen and oxygen atoms in total. The predicted octanol–water partition coefficient (Wildman–Crippen LogP) is 6.99. The highest BCUT2D eigenvalue weighted by Gasteiger charge is 2.42. The van der Waals surface area contributed by atoms with Gasteiger partial charge in [-0.3, -0.25) is 4.79 Å². The van der Waals surface area contributed by atoms with Crippen LogP contribution < -0.4 is 19.5 Å². The van der Waals surface area contributed by atoms with Gasteiger partial charge < -0.3 is 24.3 Å². The summed E-state index contributed by atoms with van der Waals surface area (Å²) >= 11 is 0. The van der Waals surface area contributed by atoms with Gasteiger partial charge in [-0.2, -0.15) is 0 Å². The Morgan fingerprint density at radius 2 is 1.70 bits per heavy atom. The molecule has 0 unspecified atom stereocenters. The first kappa shape index (κ1) is 30.0. The molecule has 1 aliphatic heterocycles. The molecule has 3 aromatic rings. The predicted molar refractivity (Wildman–Crippen MR) is 165 cm³/mol. The number of ether oxygens (including phenoxy) is 4. The van der Waals surface area contributed by atoms with Crippen LogP contribution in [0.1, 0.15) is 68.6 Å². The van der Waals surface area contributed by atoms with Crippen LogP contribution in [0, 0.1) is 0 Å². The fourth-order valence-electron chi connectivity index (χ4n) is 5.84. The highest BCUT2D eigenvalue weighted by atomic mass is 16.5. The number of hydrogen-bond donors (Lipinski definition) is 1. The van der Waals surface area contributed by atoms with Gasteiger partial charge in [0.05, 0.1) is 25.9 Å². The molecule has 0 fully saturated rings. The Bertz CT molecular complexity index is 1560. The lowest BCUT2D eigenvalue weighted by Crippen LogP contribution is -2.36. The molecule has 0 aromatic heterocycles. The van der Waals surface area contributed by atoms with Gasteiger partial charge in [-0.15, -0.1) is 0 Å². The first-order chi connectivity index (χ1) is 20.8. The molecular weight excluding hydrogens is 542 g/mol. The van der Waals surface area contributed by atoms with Crippen LogP contribution in [0.4, 0.5) is 0 Å². The van der Waals surface area contributed by atoms with E-state index in [9.17, 15) is 9.59 Å². The van der Waals surface area contributed by atoms with Crippen molar-refractivity contribution in [3.63, 3.8) is 0 Å². The molecule has 0 radical (unpaired) electrons. The summed E-state index contributed by atoms with van der Waals surface area (Å²) in [5, 5.41) is 3.43. The van der Waals surface area contributed by atoms with Crippen molar-refractivity contribution in [3.8, 4) is 17.2 Å². The Labute approximate surface area is 253 Å². The topological polar surface area (TPSA) is 83.1 Å². The number of carbonyl (C=O) groups excluding carboxylic acids is 2. The quantitative estimate of drug-likeness (QED) is 0.259. The van der Waals surface area contributed by atoms with Gasteiger partial charge >= 0.3 is 5.97 Å². The van der Waals surface area contributed by atoms with E-state index in [1.165, 1.54) is 0 Å². The van der Waals surface area contributed by atoms with Crippen molar-refractivity contribution >= 4 is 11.8 Å². The minimum atomic E-state index is -0.577. The highest BCUT2D eigenvalue weighted by molar-refractivity contribution is 6.04. The first-order valence-electron chi connectivity index (χ1n) is 14.8. The Morgan fingerprint density at radius 3 is 2.42 bits per heavy atom. The average Bonchev–Trinajstić information content (AvgIpc) is 3.03. The molecule has 0 spiro atoms. The largest absolute Gasteiger partial charge is 0.493 e. The van der Waals surface area contributed by atoms with Gasteiger partial charge in [0, 0.05) is 29.3 Å². The van der Waals surface area contributed by atoms with E-state index in [4.69, 9.17) is 18.9 Å². The zero-order valence-corrected chi connectivity index (χ0v) is 25.4. The van der Waals surface area contributed by atoms with E-state index in [1.807, 2.05) is 93.6 Å². The van der Waals surface area contributed by atoms with Crippen LogP contribution in [-0.2, 0) is 20.9 Å². The third-order valence-corrected chi connectivity index (χ3v) is 8.25. The molecule has 43 heavy (non-hydrogen) atoms. The van der Waals surface area contributed by atoms with E-state index < -0.39 is 11.9 Å². The van der Waals surface area contributed by atoms with Crippen LogP contribution >= 0.6 is 0 Å². The maximum absolute atomic E-state index is 14.1. The van der Waals surface area contributed by atoms with Gasteiger partial charge in [-0.1, -0.05) is 55.5 Å². The molecule has 1 aliphatic carbocycles. The lowest BCUT2D eigenvalue weighted by atomic mass is 9.71. The second-order valence-electron chi connectivity index (χ2n) is 11.1. The number of nitrogens with one attached hydrogen (secondary N) is 1. The summed E-state index contributed by atoms with van der Waals surface area (Å²) in [5.41, 5.74) is 5.44. The van der Waals surface area contributed by atoms with Crippen LogP contribution in [0.25, 0.3) is 0 Å². The van der Waals surface area contributed by atoms with Crippen molar-refractivity contribution in [1.82, 2.24) is 5.32 Å². The molecule has 3 atom stereocenters. The number of Topliss-reactive ketones (excluding diaryl/α,β-unsaturated/α-hetero) is 1. The van der Waals surface area contributed by atoms with E-state index in [-0.39, 0.29) is 17.8 Å². The zero-order valence-electron chi connectivity index (χ0n) is 25.4. The number of benzene rings is 3. The van der Waals surface area contributed by atoms with E-state index in [2.05, 4.69) is 5.32 Å². The molecule has 3 aromatic carbocycles. The minimum Gasteiger partial charge on any atom is -0.493 e. The first-order valence-corrected chi connectivity index (χ1v) is 14.8. The van der Waals surface area contributed by atoms with Crippen molar-refractivity contribution in [2.24, 2.45) is 0 Å². The van der Waals surface area contributed by atoms with Crippen LogP contribution in [0.5, 0.6) is 17.2 Å². The maximum atomic E-state index is 14.1. The van der Waals surface area contributed by atoms with Crippen molar-refractivity contribution in [2.45, 2.75) is 64.6 Å². The second kappa shape index (κ2) is 13.2. The monoisotopic (exact) mass is 581 g/mol. The van der Waals surface area contributed by atoms with Crippen LogP contribution in [0.15, 0.2) is 95.3 Å². The molecule has 0 bridgehead atoms. The SMILES string of the molecule is CC[C@H](C)OC(=O)C1=C(C)NC2=C(C(=O)C[C@H](c3ccc(OC)c(OC)c3)C2)[C@@H]1c1cccc(OCc2ccccc2)c1. The number of hydrogen-bond acceptors (Lipinski definition) is 7. The van der Waals surface area contributed by atoms with Crippen molar-refractivity contribution < 1.29 is 28.5 Å². The normalized spacial score (nSPS) is 18.9. The molecule has 0 amide bonds. The van der Waals surface area contributed by atoms with E-state index >= 15 is 0 Å². The highest BCUT2D eigenvalue weighted by Crippen LogP contribution is 2.47. The summed E-state index contributed by atoms with van der Waals surface area (Å²) in [4.78, 5) is 27.7. The van der Waals surface area contributed by atoms with E-state index in [1.54, 1.807) is 14.2 Å². The number of allylic oxidation sites excluding steroid dienone is 3. The number of rotatable bonds is 10. The van der Waals surface area contributed by atoms with Gasteiger partial charge in [0.25, 0.3) is 0 Å². The minimum absolute atomic E-state index is 0.00418. The lowest BCUT2D eigenvalue weighted by Gasteiger charge is -2.37. The Hall–Kier alpha value is -4.52. The number of carbonyl (C=O) groups is 2. The Balaban J connectivity index is 1.52. The summed E-state index contributed by atoms with van der Waals surface area (Å²) in [7, 11) is 3.21. The summed E-state index contributed by atoms with van der Waals surface area (Å²) in [5.74, 6) is 0.882. The van der Waals surface area contributed by atoms with Crippen LogP contribution in [0.3, 0.4) is 0 Å². The third kappa shape index (κ3) is 6.46.